The quantitative estimate of drug-likeness (QED) is 0.775. The minimum Gasteiger partial charge on any atom is -0.494 e. The van der Waals surface area contributed by atoms with Crippen LogP contribution in [-0.2, 0) is 6.54 Å². The molecular formula is C20H22FN2OS+. The van der Waals surface area contributed by atoms with Crippen LogP contribution in [0.15, 0.2) is 42.5 Å². The standard InChI is InChI=1S/C20H21FN2OS/c1-24-18-9-8-14(11-16(18)21)12-23-10-4-5-15(13-23)20-22-17-6-2-3-7-19(17)25-20/h2-3,6-9,11,15H,4-5,10,12-13H2,1H3/p+1/t15-/m1/s1. The molecule has 0 amide bonds. The zero-order chi connectivity index (χ0) is 17.2. The SMILES string of the molecule is COc1ccc(C[NH+]2CCC[C@@H](c3nc4ccccc4s3)C2)cc1F. The van der Waals surface area contributed by atoms with Crippen LogP contribution in [0.3, 0.4) is 0 Å². The fourth-order valence-electron chi connectivity index (χ4n) is 3.70. The second-order valence-corrected chi connectivity index (χ2v) is 7.77. The van der Waals surface area contributed by atoms with E-state index in [1.54, 1.807) is 12.1 Å². The van der Waals surface area contributed by atoms with Crippen molar-refractivity contribution in [1.29, 1.82) is 0 Å². The molecule has 4 rings (SSSR count). The first-order chi connectivity index (χ1) is 12.2. The monoisotopic (exact) mass is 357 g/mol. The van der Waals surface area contributed by atoms with E-state index in [0.717, 1.165) is 30.7 Å². The van der Waals surface area contributed by atoms with Crippen molar-refractivity contribution in [3.8, 4) is 5.75 Å². The van der Waals surface area contributed by atoms with Gasteiger partial charge in [0.2, 0.25) is 0 Å². The van der Waals surface area contributed by atoms with E-state index in [0.29, 0.717) is 11.7 Å². The van der Waals surface area contributed by atoms with Crippen LogP contribution in [0.1, 0.15) is 29.3 Å². The number of fused-ring (bicyclic) bond motifs is 1. The molecule has 2 aromatic carbocycles. The Labute approximate surface area is 151 Å². The van der Waals surface area contributed by atoms with Crippen molar-refractivity contribution in [3.63, 3.8) is 0 Å². The fraction of sp³-hybridized carbons (Fsp3) is 0.350. The van der Waals surface area contributed by atoms with Crippen molar-refractivity contribution in [2.75, 3.05) is 20.2 Å². The molecular weight excluding hydrogens is 335 g/mol. The van der Waals surface area contributed by atoms with Gasteiger partial charge in [-0.1, -0.05) is 12.1 Å². The maximum absolute atomic E-state index is 13.9. The summed E-state index contributed by atoms with van der Waals surface area (Å²) in [6, 6.07) is 13.6. The van der Waals surface area contributed by atoms with Gasteiger partial charge in [-0.25, -0.2) is 9.37 Å². The molecule has 0 spiro atoms. The van der Waals surface area contributed by atoms with Crippen LogP contribution in [0.2, 0.25) is 0 Å². The largest absolute Gasteiger partial charge is 0.494 e. The topological polar surface area (TPSA) is 26.6 Å². The third-order valence-electron chi connectivity index (χ3n) is 4.95. The zero-order valence-electron chi connectivity index (χ0n) is 14.3. The molecule has 1 N–H and O–H groups in total. The number of piperidine rings is 1. The Morgan fingerprint density at radius 3 is 2.96 bits per heavy atom. The second kappa shape index (κ2) is 7.10. The van der Waals surface area contributed by atoms with Gasteiger partial charge in [0, 0.05) is 5.56 Å². The van der Waals surface area contributed by atoms with E-state index in [4.69, 9.17) is 9.72 Å². The first kappa shape index (κ1) is 16.5. The Morgan fingerprint density at radius 2 is 2.16 bits per heavy atom. The number of nitrogens with zero attached hydrogens (tertiary/aromatic N) is 1. The average Bonchev–Trinajstić information content (AvgIpc) is 3.06. The molecule has 1 fully saturated rings. The smallest absolute Gasteiger partial charge is 0.165 e. The number of nitrogens with one attached hydrogen (secondary N) is 1. The zero-order valence-corrected chi connectivity index (χ0v) is 15.1. The van der Waals surface area contributed by atoms with E-state index in [9.17, 15) is 4.39 Å². The summed E-state index contributed by atoms with van der Waals surface area (Å²) in [7, 11) is 1.50. The Hall–Kier alpha value is -1.98. The van der Waals surface area contributed by atoms with Gasteiger partial charge in [-0.05, 0) is 43.2 Å². The van der Waals surface area contributed by atoms with E-state index in [2.05, 4.69) is 18.2 Å². The molecule has 0 radical (unpaired) electrons. The van der Waals surface area contributed by atoms with Gasteiger partial charge in [0.1, 0.15) is 11.6 Å². The molecule has 2 atom stereocenters. The molecule has 0 bridgehead atoms. The highest BCUT2D eigenvalue weighted by molar-refractivity contribution is 7.18. The molecule has 1 saturated heterocycles. The number of rotatable bonds is 4. The highest BCUT2D eigenvalue weighted by Gasteiger charge is 2.27. The van der Waals surface area contributed by atoms with Crippen molar-refractivity contribution in [2.24, 2.45) is 0 Å². The van der Waals surface area contributed by atoms with Crippen LogP contribution in [0, 0.1) is 5.82 Å². The number of ether oxygens (including phenoxy) is 1. The summed E-state index contributed by atoms with van der Waals surface area (Å²) in [4.78, 5) is 6.34. The van der Waals surface area contributed by atoms with Gasteiger partial charge in [-0.15, -0.1) is 11.3 Å². The molecule has 0 saturated carbocycles. The molecule has 1 unspecified atom stereocenters. The first-order valence-corrected chi connectivity index (χ1v) is 9.56. The van der Waals surface area contributed by atoms with Crippen LogP contribution in [-0.4, -0.2) is 25.2 Å². The minimum atomic E-state index is -0.279. The predicted octanol–water partition coefficient (Wildman–Crippen LogP) is 3.41. The second-order valence-electron chi connectivity index (χ2n) is 6.71. The molecule has 1 aromatic heterocycles. The fourth-order valence-corrected chi connectivity index (χ4v) is 4.80. The van der Waals surface area contributed by atoms with E-state index < -0.39 is 0 Å². The minimum absolute atomic E-state index is 0.279. The third-order valence-corrected chi connectivity index (χ3v) is 6.15. The van der Waals surface area contributed by atoms with E-state index in [1.807, 2.05) is 23.5 Å². The lowest BCUT2D eigenvalue weighted by molar-refractivity contribution is -0.920. The average molecular weight is 357 g/mol. The van der Waals surface area contributed by atoms with Crippen LogP contribution in [0.4, 0.5) is 4.39 Å². The van der Waals surface area contributed by atoms with Crippen molar-refractivity contribution >= 4 is 21.6 Å². The number of halogens is 1. The number of aromatic nitrogens is 1. The number of hydrogen-bond acceptors (Lipinski definition) is 3. The van der Waals surface area contributed by atoms with Crippen molar-refractivity contribution in [1.82, 2.24) is 4.98 Å². The van der Waals surface area contributed by atoms with Gasteiger partial charge >= 0.3 is 0 Å². The van der Waals surface area contributed by atoms with E-state index in [1.165, 1.54) is 34.6 Å². The third kappa shape index (κ3) is 3.53. The maximum atomic E-state index is 13.9. The molecule has 0 aliphatic carbocycles. The van der Waals surface area contributed by atoms with E-state index in [-0.39, 0.29) is 5.82 Å². The Balaban J connectivity index is 1.48. The van der Waals surface area contributed by atoms with Gasteiger partial charge in [0.25, 0.3) is 0 Å². The lowest BCUT2D eigenvalue weighted by Gasteiger charge is -2.29. The molecule has 2 heterocycles. The normalized spacial score (nSPS) is 20.7. The summed E-state index contributed by atoms with van der Waals surface area (Å²) >= 11 is 1.82. The summed E-state index contributed by atoms with van der Waals surface area (Å²) in [6.07, 6.45) is 2.38. The lowest BCUT2D eigenvalue weighted by atomic mass is 9.98. The summed E-state index contributed by atoms with van der Waals surface area (Å²) in [6.45, 7) is 3.05. The number of benzene rings is 2. The molecule has 3 nitrogen and oxygen atoms in total. The Bertz CT molecular complexity index is 846. The van der Waals surface area contributed by atoms with Gasteiger partial charge in [0.05, 0.1) is 36.3 Å². The maximum Gasteiger partial charge on any atom is 0.165 e. The number of quaternary nitrogens is 1. The van der Waals surface area contributed by atoms with Crippen molar-refractivity contribution < 1.29 is 14.0 Å². The summed E-state index contributed by atoms with van der Waals surface area (Å²) in [5.74, 6) is 0.535. The highest BCUT2D eigenvalue weighted by Crippen LogP contribution is 2.30. The van der Waals surface area contributed by atoms with Crippen LogP contribution < -0.4 is 9.64 Å². The molecule has 3 aromatic rings. The van der Waals surface area contributed by atoms with Crippen molar-refractivity contribution in [2.45, 2.75) is 25.3 Å². The van der Waals surface area contributed by atoms with Crippen LogP contribution >= 0.6 is 11.3 Å². The lowest BCUT2D eigenvalue weighted by Crippen LogP contribution is -3.12. The first-order valence-electron chi connectivity index (χ1n) is 8.74. The van der Waals surface area contributed by atoms with Gasteiger partial charge < -0.3 is 9.64 Å². The summed E-state index contributed by atoms with van der Waals surface area (Å²) in [5.41, 5.74) is 2.13. The Kier molecular flexibility index (Phi) is 4.68. The predicted molar refractivity (Wildman–Crippen MR) is 98.9 cm³/mol. The Morgan fingerprint density at radius 1 is 1.28 bits per heavy atom. The van der Waals surface area contributed by atoms with Gasteiger partial charge in [-0.3, -0.25) is 0 Å². The van der Waals surface area contributed by atoms with Crippen LogP contribution in [0.5, 0.6) is 5.75 Å². The molecule has 1 aliphatic rings. The number of hydrogen-bond donors (Lipinski definition) is 1. The molecule has 25 heavy (non-hydrogen) atoms. The van der Waals surface area contributed by atoms with Crippen LogP contribution in [0.25, 0.3) is 10.2 Å². The van der Waals surface area contributed by atoms with Gasteiger partial charge in [0.15, 0.2) is 11.6 Å². The summed E-state index contributed by atoms with van der Waals surface area (Å²) < 4.78 is 20.2. The number of thiazole rings is 1. The van der Waals surface area contributed by atoms with Gasteiger partial charge in [-0.2, -0.15) is 0 Å². The number of likely N-dealkylation sites (tertiary alicyclic amines) is 1. The molecule has 5 heteroatoms. The molecule has 130 valence electrons. The number of methoxy groups -OCH3 is 1. The van der Waals surface area contributed by atoms with E-state index >= 15 is 0 Å². The summed E-state index contributed by atoms with van der Waals surface area (Å²) in [5, 5.41) is 1.25. The molecule has 1 aliphatic heterocycles. The highest BCUT2D eigenvalue weighted by atomic mass is 32.1. The van der Waals surface area contributed by atoms with Crippen molar-refractivity contribution in [3.05, 3.63) is 58.9 Å². The number of para-hydroxylation sites is 1.